The monoisotopic (exact) mass is 341 g/mol. The van der Waals surface area contributed by atoms with E-state index in [0.717, 1.165) is 44.9 Å². The first-order valence-corrected chi connectivity index (χ1v) is 10.0. The second-order valence-electron chi connectivity index (χ2n) is 6.87. The second-order valence-corrected chi connectivity index (χ2v) is 6.87. The van der Waals surface area contributed by atoms with Crippen LogP contribution in [0.25, 0.3) is 0 Å². The highest BCUT2D eigenvalue weighted by atomic mass is 16.5. The molecule has 0 heterocycles. The van der Waals surface area contributed by atoms with Gasteiger partial charge in [-0.1, -0.05) is 58.3 Å². The summed E-state index contributed by atoms with van der Waals surface area (Å²) in [5.74, 6) is 0.0738. The summed E-state index contributed by atoms with van der Waals surface area (Å²) in [4.78, 5) is 22.8. The molecule has 24 heavy (non-hydrogen) atoms. The molecule has 0 bridgehead atoms. The molecule has 2 N–H and O–H groups in total. The van der Waals surface area contributed by atoms with Crippen LogP contribution in [0.3, 0.4) is 0 Å². The molecule has 4 heteroatoms. The van der Waals surface area contributed by atoms with Crippen LogP contribution in [0.2, 0.25) is 0 Å². The Morgan fingerprint density at radius 3 is 2.00 bits per heavy atom. The number of nitrogens with two attached hydrogens (primary N) is 1. The second kappa shape index (κ2) is 16.9. The van der Waals surface area contributed by atoms with E-state index in [0.29, 0.717) is 12.8 Å². The standard InChI is InChI=1S/C20H39NO3/c1-3-4-5-6-8-11-14-18(2)24-20(23)16-13-10-7-9-12-15-19(22)17-21/h18H,3-17,21H2,1-2H3. The summed E-state index contributed by atoms with van der Waals surface area (Å²) in [7, 11) is 0. The van der Waals surface area contributed by atoms with Gasteiger partial charge in [0.1, 0.15) is 5.78 Å². The van der Waals surface area contributed by atoms with Crippen LogP contribution < -0.4 is 5.73 Å². The number of ether oxygens (including phenoxy) is 1. The first kappa shape index (κ1) is 23.1. The molecule has 0 amide bonds. The zero-order chi connectivity index (χ0) is 18.0. The lowest BCUT2D eigenvalue weighted by atomic mass is 10.1. The fraction of sp³-hybridized carbons (Fsp3) is 0.900. The van der Waals surface area contributed by atoms with E-state index in [9.17, 15) is 9.59 Å². The minimum absolute atomic E-state index is 0.0472. The number of carbonyl (C=O) groups is 2. The van der Waals surface area contributed by atoms with Crippen molar-refractivity contribution in [2.75, 3.05) is 6.54 Å². The van der Waals surface area contributed by atoms with E-state index in [-0.39, 0.29) is 24.4 Å². The molecule has 0 aromatic rings. The number of hydrogen-bond acceptors (Lipinski definition) is 4. The molecule has 0 spiro atoms. The van der Waals surface area contributed by atoms with Gasteiger partial charge in [0.15, 0.2) is 0 Å². The molecule has 1 atom stereocenters. The predicted molar refractivity (Wildman–Crippen MR) is 99.9 cm³/mol. The lowest BCUT2D eigenvalue weighted by molar-refractivity contribution is -0.148. The number of ketones is 1. The van der Waals surface area contributed by atoms with Crippen LogP contribution in [0.5, 0.6) is 0 Å². The van der Waals surface area contributed by atoms with Crippen LogP contribution in [0.15, 0.2) is 0 Å². The first-order chi connectivity index (χ1) is 11.6. The summed E-state index contributed by atoms with van der Waals surface area (Å²) in [5, 5.41) is 0. The van der Waals surface area contributed by atoms with Gasteiger partial charge < -0.3 is 10.5 Å². The van der Waals surface area contributed by atoms with Gasteiger partial charge in [0, 0.05) is 12.8 Å². The molecular weight excluding hydrogens is 302 g/mol. The molecule has 0 aliphatic carbocycles. The van der Waals surface area contributed by atoms with E-state index in [1.165, 1.54) is 32.1 Å². The Balaban J connectivity index is 3.40. The maximum absolute atomic E-state index is 11.8. The van der Waals surface area contributed by atoms with Crippen molar-refractivity contribution in [3.05, 3.63) is 0 Å². The summed E-state index contributed by atoms with van der Waals surface area (Å²) in [5.41, 5.74) is 5.26. The molecular formula is C20H39NO3. The SMILES string of the molecule is CCCCCCCCC(C)OC(=O)CCCCCCCC(=O)CN. The minimum atomic E-state index is -0.0632. The zero-order valence-electron chi connectivity index (χ0n) is 16.0. The van der Waals surface area contributed by atoms with Gasteiger partial charge in [0.2, 0.25) is 0 Å². The molecule has 0 fully saturated rings. The molecule has 0 aromatic heterocycles. The van der Waals surface area contributed by atoms with Crippen molar-refractivity contribution in [2.24, 2.45) is 5.73 Å². The Labute approximate surface area is 148 Å². The van der Waals surface area contributed by atoms with Gasteiger partial charge in [-0.25, -0.2) is 0 Å². The van der Waals surface area contributed by atoms with Crippen LogP contribution in [0.1, 0.15) is 104 Å². The Morgan fingerprint density at radius 2 is 1.38 bits per heavy atom. The maximum atomic E-state index is 11.8. The first-order valence-electron chi connectivity index (χ1n) is 10.0. The molecule has 0 aromatic carbocycles. The molecule has 1 unspecified atom stereocenters. The van der Waals surface area contributed by atoms with Crippen molar-refractivity contribution in [1.82, 2.24) is 0 Å². The highest BCUT2D eigenvalue weighted by Gasteiger charge is 2.09. The van der Waals surface area contributed by atoms with Crippen molar-refractivity contribution in [2.45, 2.75) is 110 Å². The van der Waals surface area contributed by atoms with Crippen molar-refractivity contribution in [3.8, 4) is 0 Å². The van der Waals surface area contributed by atoms with E-state index in [1.54, 1.807) is 0 Å². The normalized spacial score (nSPS) is 12.1. The van der Waals surface area contributed by atoms with Gasteiger partial charge in [-0.05, 0) is 32.6 Å². The number of Topliss-reactive ketones (excluding diaryl/α,β-unsaturated/α-hetero) is 1. The van der Waals surface area contributed by atoms with Gasteiger partial charge in [-0.3, -0.25) is 9.59 Å². The summed E-state index contributed by atoms with van der Waals surface area (Å²) < 4.78 is 5.45. The third-order valence-corrected chi connectivity index (χ3v) is 4.36. The van der Waals surface area contributed by atoms with Gasteiger partial charge >= 0.3 is 5.97 Å². The Kier molecular flexibility index (Phi) is 16.3. The lowest BCUT2D eigenvalue weighted by Crippen LogP contribution is -2.14. The van der Waals surface area contributed by atoms with Crippen molar-refractivity contribution < 1.29 is 14.3 Å². The molecule has 0 rings (SSSR count). The van der Waals surface area contributed by atoms with E-state index in [4.69, 9.17) is 10.5 Å². The molecule has 0 aliphatic heterocycles. The highest BCUT2D eigenvalue weighted by molar-refractivity contribution is 5.80. The lowest BCUT2D eigenvalue weighted by Gasteiger charge is -2.13. The van der Waals surface area contributed by atoms with E-state index < -0.39 is 0 Å². The van der Waals surface area contributed by atoms with Crippen molar-refractivity contribution in [3.63, 3.8) is 0 Å². The predicted octanol–water partition coefficient (Wildman–Crippen LogP) is 4.93. The van der Waals surface area contributed by atoms with Gasteiger partial charge in [0.05, 0.1) is 12.6 Å². The van der Waals surface area contributed by atoms with Crippen LogP contribution in [0.4, 0.5) is 0 Å². The zero-order valence-corrected chi connectivity index (χ0v) is 16.0. The largest absolute Gasteiger partial charge is 0.463 e. The average molecular weight is 342 g/mol. The third kappa shape index (κ3) is 16.0. The molecule has 0 radical (unpaired) electrons. The Morgan fingerprint density at radius 1 is 0.833 bits per heavy atom. The fourth-order valence-corrected chi connectivity index (χ4v) is 2.78. The third-order valence-electron chi connectivity index (χ3n) is 4.36. The minimum Gasteiger partial charge on any atom is -0.463 e. The van der Waals surface area contributed by atoms with Gasteiger partial charge in [0.25, 0.3) is 0 Å². The average Bonchev–Trinajstić information content (AvgIpc) is 2.56. The Hall–Kier alpha value is -0.900. The van der Waals surface area contributed by atoms with Gasteiger partial charge in [-0.15, -0.1) is 0 Å². The molecule has 0 saturated heterocycles. The molecule has 0 aliphatic rings. The maximum Gasteiger partial charge on any atom is 0.306 e. The number of esters is 1. The number of hydrogen-bond donors (Lipinski definition) is 1. The quantitative estimate of drug-likeness (QED) is 0.301. The number of carbonyl (C=O) groups excluding carboxylic acids is 2. The fourth-order valence-electron chi connectivity index (χ4n) is 2.78. The molecule has 0 saturated carbocycles. The van der Waals surface area contributed by atoms with E-state index in [2.05, 4.69) is 6.92 Å². The topological polar surface area (TPSA) is 69.4 Å². The van der Waals surface area contributed by atoms with Crippen LogP contribution in [0, 0.1) is 0 Å². The molecule has 4 nitrogen and oxygen atoms in total. The molecule has 142 valence electrons. The summed E-state index contributed by atoms with van der Waals surface area (Å²) in [6.45, 7) is 4.38. The van der Waals surface area contributed by atoms with Crippen LogP contribution in [-0.4, -0.2) is 24.4 Å². The van der Waals surface area contributed by atoms with Crippen LogP contribution >= 0.6 is 0 Å². The summed E-state index contributed by atoms with van der Waals surface area (Å²) in [6, 6.07) is 0. The smallest absolute Gasteiger partial charge is 0.306 e. The number of rotatable bonds is 17. The van der Waals surface area contributed by atoms with E-state index >= 15 is 0 Å². The summed E-state index contributed by atoms with van der Waals surface area (Å²) in [6.07, 6.45) is 14.7. The van der Waals surface area contributed by atoms with Gasteiger partial charge in [-0.2, -0.15) is 0 Å². The van der Waals surface area contributed by atoms with E-state index in [1.807, 2.05) is 6.92 Å². The Bertz CT molecular complexity index is 318. The van der Waals surface area contributed by atoms with Crippen molar-refractivity contribution >= 4 is 11.8 Å². The highest BCUT2D eigenvalue weighted by Crippen LogP contribution is 2.12. The van der Waals surface area contributed by atoms with Crippen LogP contribution in [-0.2, 0) is 14.3 Å². The summed E-state index contributed by atoms with van der Waals surface area (Å²) >= 11 is 0. The number of unbranched alkanes of at least 4 members (excludes halogenated alkanes) is 9. The van der Waals surface area contributed by atoms with Crippen molar-refractivity contribution in [1.29, 1.82) is 0 Å².